The van der Waals surface area contributed by atoms with Crippen molar-refractivity contribution in [1.82, 2.24) is 15.1 Å². The number of carbonyl (C=O) groups is 1. The lowest BCUT2D eigenvalue weighted by molar-refractivity contribution is -0.149. The van der Waals surface area contributed by atoms with Crippen LogP contribution in [0.2, 0.25) is 0 Å². The average molecular weight is 543 g/mol. The van der Waals surface area contributed by atoms with Crippen molar-refractivity contribution >= 4 is 35.9 Å². The largest absolute Gasteiger partial charge is 0.466 e. The summed E-state index contributed by atoms with van der Waals surface area (Å²) in [6, 6.07) is 10.7. The van der Waals surface area contributed by atoms with Gasteiger partial charge in [0.2, 0.25) is 0 Å². The Hall–Kier alpha value is -1.35. The van der Waals surface area contributed by atoms with Gasteiger partial charge in [-0.15, -0.1) is 24.0 Å². The van der Waals surface area contributed by atoms with Crippen molar-refractivity contribution in [1.29, 1.82) is 0 Å². The number of benzene rings is 1. The molecule has 1 unspecified atom stereocenters. The van der Waals surface area contributed by atoms with Crippen LogP contribution in [0.4, 0.5) is 0 Å². The zero-order valence-electron chi connectivity index (χ0n) is 19.1. The number of carbonyl (C=O) groups excluding carboxylic acids is 1. The second-order valence-electron chi connectivity index (χ2n) is 8.40. The molecule has 0 spiro atoms. The van der Waals surface area contributed by atoms with Gasteiger partial charge in [-0.2, -0.15) is 0 Å². The van der Waals surface area contributed by atoms with Gasteiger partial charge in [0.1, 0.15) is 0 Å². The molecule has 0 aromatic heterocycles. The third-order valence-electron chi connectivity index (χ3n) is 6.18. The van der Waals surface area contributed by atoms with Crippen LogP contribution in [0.25, 0.3) is 0 Å². The molecule has 2 heterocycles. The van der Waals surface area contributed by atoms with Crippen molar-refractivity contribution in [3.05, 3.63) is 35.9 Å². The molecule has 0 aliphatic carbocycles. The van der Waals surface area contributed by atoms with E-state index in [0.29, 0.717) is 12.5 Å². The molecule has 174 valence electrons. The molecule has 0 radical (unpaired) electrons. The molecular formula is C24H39IN4O2. The summed E-state index contributed by atoms with van der Waals surface area (Å²) in [5, 5.41) is 3.45. The van der Waals surface area contributed by atoms with Crippen molar-refractivity contribution in [3.8, 4) is 0 Å². The first-order chi connectivity index (χ1) is 14.7. The maximum atomic E-state index is 12.0. The molecule has 1 atom stereocenters. The summed E-state index contributed by atoms with van der Waals surface area (Å²) in [6.45, 7) is 11.4. The third-order valence-corrected chi connectivity index (χ3v) is 6.18. The Balaban J connectivity index is 0.00000341. The number of guanidine groups is 1. The van der Waals surface area contributed by atoms with E-state index in [-0.39, 0.29) is 35.9 Å². The number of piperidine rings is 1. The Kier molecular flexibility index (Phi) is 11.6. The molecule has 2 aliphatic rings. The summed E-state index contributed by atoms with van der Waals surface area (Å²) in [4.78, 5) is 21.8. The van der Waals surface area contributed by atoms with Crippen LogP contribution in [0.5, 0.6) is 0 Å². The number of hydrogen-bond acceptors (Lipinski definition) is 4. The van der Waals surface area contributed by atoms with E-state index in [9.17, 15) is 4.79 Å². The Labute approximate surface area is 204 Å². The number of rotatable bonds is 8. The monoisotopic (exact) mass is 542 g/mol. The highest BCUT2D eigenvalue weighted by Crippen LogP contribution is 2.20. The Morgan fingerprint density at radius 3 is 2.55 bits per heavy atom. The van der Waals surface area contributed by atoms with Crippen molar-refractivity contribution in [2.24, 2.45) is 16.8 Å². The lowest BCUT2D eigenvalue weighted by atomic mass is 9.97. The summed E-state index contributed by atoms with van der Waals surface area (Å²) < 4.78 is 5.19. The molecule has 7 heteroatoms. The molecule has 2 fully saturated rings. The molecule has 1 N–H and O–H groups in total. The van der Waals surface area contributed by atoms with Gasteiger partial charge in [-0.3, -0.25) is 9.79 Å². The Bertz CT molecular complexity index is 677. The number of aliphatic imine (C=N–C) groups is 1. The highest BCUT2D eigenvalue weighted by molar-refractivity contribution is 14.0. The van der Waals surface area contributed by atoms with Crippen molar-refractivity contribution in [2.75, 3.05) is 52.4 Å². The molecule has 6 nitrogen and oxygen atoms in total. The maximum absolute atomic E-state index is 12.0. The van der Waals surface area contributed by atoms with Crippen LogP contribution >= 0.6 is 24.0 Å². The second-order valence-corrected chi connectivity index (χ2v) is 8.40. The van der Waals surface area contributed by atoms with E-state index in [1.54, 1.807) is 0 Å². The fourth-order valence-electron chi connectivity index (χ4n) is 4.43. The van der Waals surface area contributed by atoms with Crippen LogP contribution in [0.3, 0.4) is 0 Å². The fourth-order valence-corrected chi connectivity index (χ4v) is 4.43. The molecule has 31 heavy (non-hydrogen) atoms. The Morgan fingerprint density at radius 2 is 1.87 bits per heavy atom. The number of esters is 1. The molecule has 0 saturated carbocycles. The highest BCUT2D eigenvalue weighted by Gasteiger charge is 2.28. The number of nitrogens with one attached hydrogen (secondary N) is 1. The lowest BCUT2D eigenvalue weighted by Crippen LogP contribution is -2.47. The Morgan fingerprint density at radius 1 is 1.13 bits per heavy atom. The molecule has 2 aliphatic heterocycles. The minimum atomic E-state index is -0.0411. The zero-order chi connectivity index (χ0) is 21.2. The minimum Gasteiger partial charge on any atom is -0.466 e. The zero-order valence-corrected chi connectivity index (χ0v) is 21.4. The molecule has 0 bridgehead atoms. The first-order valence-corrected chi connectivity index (χ1v) is 11.7. The van der Waals surface area contributed by atoms with Gasteiger partial charge in [-0.1, -0.05) is 30.3 Å². The van der Waals surface area contributed by atoms with Crippen molar-refractivity contribution in [3.63, 3.8) is 0 Å². The third kappa shape index (κ3) is 8.25. The SMILES string of the molecule is CCNC(=NCC1CCN(CCc2ccccc2)C1)N1CCC(C(=O)OCC)CC1.I. The quantitative estimate of drug-likeness (QED) is 0.236. The van der Waals surface area contributed by atoms with E-state index in [2.05, 4.69) is 52.4 Å². The summed E-state index contributed by atoms with van der Waals surface area (Å²) in [6.07, 6.45) is 4.04. The number of halogens is 1. The van der Waals surface area contributed by atoms with Crippen molar-refractivity contribution in [2.45, 2.75) is 39.5 Å². The summed E-state index contributed by atoms with van der Waals surface area (Å²) in [5.74, 6) is 1.63. The van der Waals surface area contributed by atoms with Crippen molar-refractivity contribution < 1.29 is 9.53 Å². The topological polar surface area (TPSA) is 57.2 Å². The van der Waals surface area contributed by atoms with Gasteiger partial charge in [0.05, 0.1) is 12.5 Å². The first kappa shape index (κ1) is 25.9. The normalized spacial score (nSPS) is 20.4. The van der Waals surface area contributed by atoms with Crippen LogP contribution in [0.1, 0.15) is 38.7 Å². The molecule has 3 rings (SSSR count). The van der Waals surface area contributed by atoms with Gasteiger partial charge in [0, 0.05) is 39.3 Å². The van der Waals surface area contributed by atoms with Gasteiger partial charge in [0.15, 0.2) is 5.96 Å². The van der Waals surface area contributed by atoms with Gasteiger partial charge in [-0.05, 0) is 57.6 Å². The van der Waals surface area contributed by atoms with E-state index in [4.69, 9.17) is 9.73 Å². The lowest BCUT2D eigenvalue weighted by Gasteiger charge is -2.33. The smallest absolute Gasteiger partial charge is 0.309 e. The predicted octanol–water partition coefficient (Wildman–Crippen LogP) is 3.41. The number of nitrogens with zero attached hydrogens (tertiary/aromatic N) is 3. The van der Waals surface area contributed by atoms with Gasteiger partial charge in [0.25, 0.3) is 0 Å². The van der Waals surface area contributed by atoms with E-state index in [0.717, 1.165) is 64.5 Å². The molecular weight excluding hydrogens is 503 g/mol. The number of ether oxygens (including phenoxy) is 1. The maximum Gasteiger partial charge on any atom is 0.309 e. The van der Waals surface area contributed by atoms with E-state index >= 15 is 0 Å². The van der Waals surface area contributed by atoms with Crippen LogP contribution in [-0.2, 0) is 16.0 Å². The van der Waals surface area contributed by atoms with Crippen LogP contribution < -0.4 is 5.32 Å². The summed E-state index contributed by atoms with van der Waals surface area (Å²) >= 11 is 0. The summed E-state index contributed by atoms with van der Waals surface area (Å²) in [5.41, 5.74) is 1.42. The van der Waals surface area contributed by atoms with E-state index < -0.39 is 0 Å². The molecule has 1 aromatic carbocycles. The first-order valence-electron chi connectivity index (χ1n) is 11.7. The standard InChI is InChI=1S/C24H38N4O2.HI/c1-3-25-24(28-16-12-22(13-17-28)23(29)30-4-2)26-18-21-11-15-27(19-21)14-10-20-8-6-5-7-9-20;/h5-9,21-22H,3-4,10-19H2,1-2H3,(H,25,26);1H. The van der Waals surface area contributed by atoms with Crippen LogP contribution in [0.15, 0.2) is 35.3 Å². The van der Waals surface area contributed by atoms with Crippen LogP contribution in [-0.4, -0.2) is 74.1 Å². The number of hydrogen-bond donors (Lipinski definition) is 1. The van der Waals surface area contributed by atoms with Gasteiger partial charge >= 0.3 is 5.97 Å². The van der Waals surface area contributed by atoms with Crippen LogP contribution in [0, 0.1) is 11.8 Å². The van der Waals surface area contributed by atoms with E-state index in [1.807, 2.05) is 6.92 Å². The molecule has 2 saturated heterocycles. The molecule has 1 aromatic rings. The average Bonchev–Trinajstić information content (AvgIpc) is 3.24. The fraction of sp³-hybridized carbons (Fsp3) is 0.667. The van der Waals surface area contributed by atoms with E-state index in [1.165, 1.54) is 18.5 Å². The van der Waals surface area contributed by atoms with Gasteiger partial charge in [-0.25, -0.2) is 0 Å². The van der Waals surface area contributed by atoms with Gasteiger partial charge < -0.3 is 19.9 Å². The second kappa shape index (κ2) is 13.9. The predicted molar refractivity (Wildman–Crippen MR) is 137 cm³/mol. The highest BCUT2D eigenvalue weighted by atomic mass is 127. The molecule has 0 amide bonds. The number of likely N-dealkylation sites (tertiary alicyclic amines) is 2. The minimum absolute atomic E-state index is 0. The summed E-state index contributed by atoms with van der Waals surface area (Å²) in [7, 11) is 0.